The van der Waals surface area contributed by atoms with Crippen molar-refractivity contribution in [2.24, 2.45) is 0 Å². The fourth-order valence-corrected chi connectivity index (χ4v) is 4.58. The number of anilines is 2. The number of halogens is 1. The average molecular weight is 448 g/mol. The van der Waals surface area contributed by atoms with Crippen LogP contribution < -0.4 is 10.2 Å². The van der Waals surface area contributed by atoms with Crippen molar-refractivity contribution in [1.82, 2.24) is 4.98 Å². The predicted octanol–water partition coefficient (Wildman–Crippen LogP) is 5.31. The zero-order valence-electron chi connectivity index (χ0n) is 16.2. The van der Waals surface area contributed by atoms with E-state index in [9.17, 15) is 14.4 Å². The molecule has 0 unspecified atom stereocenters. The van der Waals surface area contributed by atoms with E-state index >= 15 is 0 Å². The fourth-order valence-electron chi connectivity index (χ4n) is 3.52. The lowest BCUT2D eigenvalue weighted by Gasteiger charge is -2.13. The average Bonchev–Trinajstić information content (AvgIpc) is 3.28. The summed E-state index contributed by atoms with van der Waals surface area (Å²) < 4.78 is 0.976. The van der Waals surface area contributed by atoms with Crippen molar-refractivity contribution in [2.45, 2.75) is 6.92 Å². The monoisotopic (exact) mass is 447 g/mol. The van der Waals surface area contributed by atoms with Gasteiger partial charge in [-0.1, -0.05) is 35.1 Å². The first kappa shape index (κ1) is 19.4. The Morgan fingerprint density at radius 2 is 1.74 bits per heavy atom. The molecule has 1 aromatic heterocycles. The second-order valence-corrected chi connectivity index (χ2v) is 8.54. The third kappa shape index (κ3) is 3.28. The number of imide groups is 1. The van der Waals surface area contributed by atoms with Crippen LogP contribution in [0.15, 0.2) is 60.7 Å². The van der Waals surface area contributed by atoms with Gasteiger partial charge in [0.05, 0.1) is 27.0 Å². The number of nitrogens with one attached hydrogen (secondary N) is 1. The Hall–Kier alpha value is -3.55. The van der Waals surface area contributed by atoms with E-state index in [1.54, 1.807) is 24.3 Å². The van der Waals surface area contributed by atoms with Crippen molar-refractivity contribution in [3.8, 4) is 0 Å². The fraction of sp³-hybridized carbons (Fsp3) is 0.0435. The Labute approximate surface area is 186 Å². The summed E-state index contributed by atoms with van der Waals surface area (Å²) >= 11 is 7.28. The number of nitrogens with zero attached hydrogens (tertiary/aromatic N) is 2. The SMILES string of the molecule is Cc1cccc2sc(NC(=O)c3ccc4c(c3)C(=O)N(c3ccc(Cl)cc3)C4=O)nc12. The molecule has 0 radical (unpaired) electrons. The van der Waals surface area contributed by atoms with Crippen LogP contribution in [0.5, 0.6) is 0 Å². The van der Waals surface area contributed by atoms with Crippen LogP contribution in [0.1, 0.15) is 36.6 Å². The molecule has 152 valence electrons. The molecule has 1 aliphatic heterocycles. The number of rotatable bonds is 3. The maximum absolute atomic E-state index is 12.9. The predicted molar refractivity (Wildman–Crippen MR) is 121 cm³/mol. The summed E-state index contributed by atoms with van der Waals surface area (Å²) in [5.74, 6) is -1.31. The van der Waals surface area contributed by atoms with E-state index in [1.807, 2.05) is 25.1 Å². The van der Waals surface area contributed by atoms with Crippen molar-refractivity contribution in [2.75, 3.05) is 10.2 Å². The van der Waals surface area contributed by atoms with Crippen LogP contribution in [0.25, 0.3) is 10.2 Å². The Morgan fingerprint density at radius 3 is 2.48 bits per heavy atom. The summed E-state index contributed by atoms with van der Waals surface area (Å²) in [5.41, 5.74) is 3.01. The first-order valence-electron chi connectivity index (χ1n) is 9.38. The number of thiazole rings is 1. The number of para-hydroxylation sites is 1. The van der Waals surface area contributed by atoms with Gasteiger partial charge in [0.15, 0.2) is 5.13 Å². The molecule has 0 atom stereocenters. The number of benzene rings is 3. The van der Waals surface area contributed by atoms with Gasteiger partial charge in [0.25, 0.3) is 17.7 Å². The summed E-state index contributed by atoms with van der Waals surface area (Å²) in [5, 5.41) is 3.76. The van der Waals surface area contributed by atoms with E-state index in [4.69, 9.17) is 11.6 Å². The van der Waals surface area contributed by atoms with Crippen LogP contribution in [0.3, 0.4) is 0 Å². The molecule has 8 heteroatoms. The molecule has 31 heavy (non-hydrogen) atoms. The van der Waals surface area contributed by atoms with Gasteiger partial charge >= 0.3 is 0 Å². The van der Waals surface area contributed by atoms with Crippen LogP contribution in [0.2, 0.25) is 5.02 Å². The maximum Gasteiger partial charge on any atom is 0.266 e. The van der Waals surface area contributed by atoms with Gasteiger partial charge in [-0.15, -0.1) is 0 Å². The number of hydrogen-bond donors (Lipinski definition) is 1. The van der Waals surface area contributed by atoms with Crippen molar-refractivity contribution < 1.29 is 14.4 Å². The van der Waals surface area contributed by atoms with Crippen LogP contribution in [-0.4, -0.2) is 22.7 Å². The summed E-state index contributed by atoms with van der Waals surface area (Å²) in [4.78, 5) is 44.0. The minimum absolute atomic E-state index is 0.188. The zero-order chi connectivity index (χ0) is 21.7. The Morgan fingerprint density at radius 1 is 1.00 bits per heavy atom. The van der Waals surface area contributed by atoms with E-state index in [2.05, 4.69) is 10.3 Å². The number of carbonyl (C=O) groups is 3. The van der Waals surface area contributed by atoms with Crippen molar-refractivity contribution in [1.29, 1.82) is 0 Å². The molecule has 0 saturated carbocycles. The second kappa shape index (κ2) is 7.30. The van der Waals surface area contributed by atoms with Crippen LogP contribution in [0.4, 0.5) is 10.8 Å². The van der Waals surface area contributed by atoms with Gasteiger partial charge in [0, 0.05) is 10.6 Å². The standard InChI is InChI=1S/C23H14ClN3O3S/c1-12-3-2-4-18-19(12)25-23(31-18)26-20(28)13-5-10-16-17(11-13)22(30)27(21(16)29)15-8-6-14(24)7-9-15/h2-11H,1H3,(H,25,26,28). The minimum Gasteiger partial charge on any atom is -0.298 e. The molecule has 3 amide bonds. The third-order valence-corrected chi connectivity index (χ3v) is 6.26. The molecule has 0 bridgehead atoms. The van der Waals surface area contributed by atoms with E-state index in [-0.39, 0.29) is 16.7 Å². The van der Waals surface area contributed by atoms with Gasteiger partial charge in [-0.2, -0.15) is 0 Å². The molecule has 1 N–H and O–H groups in total. The van der Waals surface area contributed by atoms with E-state index in [0.29, 0.717) is 15.8 Å². The van der Waals surface area contributed by atoms with Crippen molar-refractivity contribution >= 4 is 61.7 Å². The molecule has 2 heterocycles. The van der Waals surface area contributed by atoms with E-state index in [0.717, 1.165) is 20.7 Å². The molecule has 4 aromatic rings. The highest BCUT2D eigenvalue weighted by Crippen LogP contribution is 2.31. The highest BCUT2D eigenvalue weighted by molar-refractivity contribution is 7.22. The summed E-state index contributed by atoms with van der Waals surface area (Å²) in [6.45, 7) is 1.96. The molecule has 6 nitrogen and oxygen atoms in total. The first-order valence-corrected chi connectivity index (χ1v) is 10.6. The summed E-state index contributed by atoms with van der Waals surface area (Å²) in [6, 6.07) is 16.8. The van der Waals surface area contributed by atoms with Gasteiger partial charge in [-0.05, 0) is 61.0 Å². The Bertz CT molecular complexity index is 1400. The van der Waals surface area contributed by atoms with E-state index in [1.165, 1.54) is 29.5 Å². The normalized spacial score (nSPS) is 13.0. The zero-order valence-corrected chi connectivity index (χ0v) is 17.8. The molecular formula is C23H14ClN3O3S. The largest absolute Gasteiger partial charge is 0.298 e. The quantitative estimate of drug-likeness (QED) is 0.431. The van der Waals surface area contributed by atoms with Crippen molar-refractivity contribution in [3.63, 3.8) is 0 Å². The van der Waals surface area contributed by atoms with E-state index < -0.39 is 17.7 Å². The van der Waals surface area contributed by atoms with Gasteiger partial charge in [0.1, 0.15) is 0 Å². The smallest absolute Gasteiger partial charge is 0.266 e. The van der Waals surface area contributed by atoms with Gasteiger partial charge in [-0.25, -0.2) is 9.88 Å². The first-order chi connectivity index (χ1) is 14.9. The third-order valence-electron chi connectivity index (χ3n) is 5.07. The van der Waals surface area contributed by atoms with Gasteiger partial charge in [-0.3, -0.25) is 19.7 Å². The van der Waals surface area contributed by atoms with Crippen LogP contribution in [-0.2, 0) is 0 Å². The topological polar surface area (TPSA) is 79.4 Å². The molecule has 1 aliphatic rings. The second-order valence-electron chi connectivity index (χ2n) is 7.08. The molecule has 0 fully saturated rings. The molecular weight excluding hydrogens is 434 g/mol. The number of amides is 3. The molecule has 0 saturated heterocycles. The highest BCUT2D eigenvalue weighted by Gasteiger charge is 2.37. The summed E-state index contributed by atoms with van der Waals surface area (Å²) in [7, 11) is 0. The number of aromatic nitrogens is 1. The van der Waals surface area contributed by atoms with Crippen LogP contribution >= 0.6 is 22.9 Å². The lowest BCUT2D eigenvalue weighted by atomic mass is 10.1. The number of carbonyl (C=O) groups excluding carboxylic acids is 3. The summed E-state index contributed by atoms with van der Waals surface area (Å²) in [6.07, 6.45) is 0. The molecule has 0 spiro atoms. The molecule has 3 aromatic carbocycles. The Kier molecular flexibility index (Phi) is 4.57. The lowest BCUT2D eigenvalue weighted by Crippen LogP contribution is -2.29. The molecule has 0 aliphatic carbocycles. The van der Waals surface area contributed by atoms with Gasteiger partial charge in [0.2, 0.25) is 0 Å². The maximum atomic E-state index is 12.9. The molecule has 5 rings (SSSR count). The van der Waals surface area contributed by atoms with Gasteiger partial charge < -0.3 is 0 Å². The van der Waals surface area contributed by atoms with Crippen molar-refractivity contribution in [3.05, 3.63) is 87.9 Å². The number of hydrogen-bond acceptors (Lipinski definition) is 5. The highest BCUT2D eigenvalue weighted by atomic mass is 35.5. The Balaban J connectivity index is 1.43. The minimum atomic E-state index is -0.479. The lowest BCUT2D eigenvalue weighted by molar-refractivity contribution is 0.0925. The number of aryl methyl sites for hydroxylation is 1. The van der Waals surface area contributed by atoms with Crippen LogP contribution in [0, 0.1) is 6.92 Å². The number of fused-ring (bicyclic) bond motifs is 2.